The fraction of sp³-hybridized carbons (Fsp3) is 0.444. The minimum absolute atomic E-state index is 0.0175. The third-order valence-electron chi connectivity index (χ3n) is 3.95. The monoisotopic (exact) mass is 299 g/mol. The molecule has 0 aliphatic rings. The molecule has 1 heterocycles. The Balaban J connectivity index is 2.15. The lowest BCUT2D eigenvalue weighted by atomic mass is 9.98. The molecular weight excluding hydrogens is 274 g/mol. The SMILES string of the molecule is CC[C@H](NC(=O)c1cc(C)nn1C)c1ccc(C(C)C)cc1. The van der Waals surface area contributed by atoms with Gasteiger partial charge in [0.25, 0.3) is 5.91 Å². The standard InChI is InChI=1S/C18H25N3O/c1-6-16(15-9-7-14(8-10-15)12(2)3)19-18(22)17-11-13(4)20-21(17)5/h7-12,16H,6H2,1-5H3,(H,19,22)/t16-/m0/s1. The number of nitrogens with one attached hydrogen (secondary N) is 1. The van der Waals surface area contributed by atoms with Crippen molar-refractivity contribution in [2.75, 3.05) is 0 Å². The van der Waals surface area contributed by atoms with Crippen LogP contribution in [0.15, 0.2) is 30.3 Å². The zero-order valence-corrected chi connectivity index (χ0v) is 14.1. The minimum atomic E-state index is -0.0807. The number of benzene rings is 1. The van der Waals surface area contributed by atoms with E-state index in [0.29, 0.717) is 11.6 Å². The van der Waals surface area contributed by atoms with Crippen LogP contribution in [-0.4, -0.2) is 15.7 Å². The van der Waals surface area contributed by atoms with Crippen molar-refractivity contribution in [2.45, 2.75) is 46.1 Å². The summed E-state index contributed by atoms with van der Waals surface area (Å²) in [6.07, 6.45) is 0.851. The Kier molecular flexibility index (Phi) is 5.01. The van der Waals surface area contributed by atoms with E-state index in [1.807, 2.05) is 13.0 Å². The van der Waals surface area contributed by atoms with Crippen LogP contribution >= 0.6 is 0 Å². The van der Waals surface area contributed by atoms with E-state index in [4.69, 9.17) is 0 Å². The van der Waals surface area contributed by atoms with Crippen LogP contribution < -0.4 is 5.32 Å². The summed E-state index contributed by atoms with van der Waals surface area (Å²) in [7, 11) is 1.79. The molecule has 2 rings (SSSR count). The average molecular weight is 299 g/mol. The summed E-state index contributed by atoms with van der Waals surface area (Å²) < 4.78 is 1.62. The fourth-order valence-corrected chi connectivity index (χ4v) is 2.59. The van der Waals surface area contributed by atoms with E-state index in [0.717, 1.165) is 17.7 Å². The fourth-order valence-electron chi connectivity index (χ4n) is 2.59. The van der Waals surface area contributed by atoms with Crippen LogP contribution in [0.4, 0.5) is 0 Å². The first-order valence-electron chi connectivity index (χ1n) is 7.83. The van der Waals surface area contributed by atoms with Crippen LogP contribution in [0.3, 0.4) is 0 Å². The summed E-state index contributed by atoms with van der Waals surface area (Å²) in [4.78, 5) is 12.4. The van der Waals surface area contributed by atoms with Crippen LogP contribution in [0.2, 0.25) is 0 Å². The van der Waals surface area contributed by atoms with Crippen molar-refractivity contribution >= 4 is 5.91 Å². The maximum atomic E-state index is 12.4. The molecule has 4 heteroatoms. The van der Waals surface area contributed by atoms with Crippen LogP contribution in [-0.2, 0) is 7.05 Å². The van der Waals surface area contributed by atoms with Gasteiger partial charge in [0, 0.05) is 7.05 Å². The van der Waals surface area contributed by atoms with Gasteiger partial charge < -0.3 is 5.32 Å². The van der Waals surface area contributed by atoms with E-state index in [-0.39, 0.29) is 11.9 Å². The number of carbonyl (C=O) groups excluding carboxylic acids is 1. The van der Waals surface area contributed by atoms with E-state index < -0.39 is 0 Å². The molecule has 0 aliphatic carbocycles. The molecule has 0 spiro atoms. The van der Waals surface area contributed by atoms with E-state index in [1.54, 1.807) is 11.7 Å². The van der Waals surface area contributed by atoms with E-state index in [1.165, 1.54) is 5.56 Å². The van der Waals surface area contributed by atoms with Gasteiger partial charge in [-0.15, -0.1) is 0 Å². The summed E-state index contributed by atoms with van der Waals surface area (Å²) in [5.74, 6) is 0.434. The highest BCUT2D eigenvalue weighted by Crippen LogP contribution is 2.21. The smallest absolute Gasteiger partial charge is 0.270 e. The molecule has 118 valence electrons. The van der Waals surface area contributed by atoms with Crippen LogP contribution in [0.25, 0.3) is 0 Å². The van der Waals surface area contributed by atoms with E-state index in [9.17, 15) is 4.79 Å². The summed E-state index contributed by atoms with van der Waals surface area (Å²) in [5.41, 5.74) is 3.89. The number of hydrogen-bond acceptors (Lipinski definition) is 2. The van der Waals surface area contributed by atoms with Gasteiger partial charge in [0.05, 0.1) is 11.7 Å². The molecule has 0 saturated heterocycles. The highest BCUT2D eigenvalue weighted by Gasteiger charge is 2.17. The Bertz CT molecular complexity index is 641. The second-order valence-corrected chi connectivity index (χ2v) is 6.05. The summed E-state index contributed by atoms with van der Waals surface area (Å²) in [5, 5.41) is 7.33. The third kappa shape index (κ3) is 3.56. The number of nitrogens with zero attached hydrogens (tertiary/aromatic N) is 2. The van der Waals surface area contributed by atoms with Gasteiger partial charge in [0.15, 0.2) is 0 Å². The largest absolute Gasteiger partial charge is 0.344 e. The van der Waals surface area contributed by atoms with Gasteiger partial charge in [-0.3, -0.25) is 9.48 Å². The quantitative estimate of drug-likeness (QED) is 0.914. The molecule has 0 unspecified atom stereocenters. The normalized spacial score (nSPS) is 12.5. The lowest BCUT2D eigenvalue weighted by Crippen LogP contribution is -2.29. The number of aryl methyl sites for hydroxylation is 2. The lowest BCUT2D eigenvalue weighted by molar-refractivity contribution is 0.0926. The maximum Gasteiger partial charge on any atom is 0.270 e. The third-order valence-corrected chi connectivity index (χ3v) is 3.95. The molecule has 0 saturated carbocycles. The lowest BCUT2D eigenvalue weighted by Gasteiger charge is -2.18. The maximum absolute atomic E-state index is 12.4. The molecule has 1 aromatic heterocycles. The Labute approximate surface area is 132 Å². The summed E-state index contributed by atoms with van der Waals surface area (Å²) in [6.45, 7) is 8.33. The van der Waals surface area contributed by atoms with Crippen molar-refractivity contribution in [2.24, 2.45) is 7.05 Å². The van der Waals surface area contributed by atoms with Crippen molar-refractivity contribution in [3.05, 3.63) is 52.8 Å². The predicted octanol–water partition coefficient (Wildman–Crippen LogP) is 3.73. The predicted molar refractivity (Wildman–Crippen MR) is 89.0 cm³/mol. The van der Waals surface area contributed by atoms with Crippen molar-refractivity contribution in [1.82, 2.24) is 15.1 Å². The molecule has 2 aromatic rings. The minimum Gasteiger partial charge on any atom is -0.344 e. The molecule has 1 amide bonds. The van der Waals surface area contributed by atoms with E-state index >= 15 is 0 Å². The molecule has 0 fully saturated rings. The van der Waals surface area contributed by atoms with Crippen LogP contribution in [0, 0.1) is 6.92 Å². The number of amides is 1. The number of carbonyl (C=O) groups is 1. The van der Waals surface area contributed by atoms with Gasteiger partial charge in [0.1, 0.15) is 5.69 Å². The molecule has 0 bridgehead atoms. The zero-order valence-electron chi connectivity index (χ0n) is 14.1. The van der Waals surface area contributed by atoms with Gasteiger partial charge in [-0.05, 0) is 36.5 Å². The Morgan fingerprint density at radius 2 is 1.82 bits per heavy atom. The summed E-state index contributed by atoms with van der Waals surface area (Å²) in [6, 6.07) is 10.3. The molecule has 22 heavy (non-hydrogen) atoms. The topological polar surface area (TPSA) is 46.9 Å². The molecule has 0 aliphatic heterocycles. The Morgan fingerprint density at radius 1 is 1.23 bits per heavy atom. The Morgan fingerprint density at radius 3 is 2.27 bits per heavy atom. The van der Waals surface area contributed by atoms with Gasteiger partial charge in [-0.25, -0.2) is 0 Å². The van der Waals surface area contributed by atoms with Gasteiger partial charge >= 0.3 is 0 Å². The van der Waals surface area contributed by atoms with E-state index in [2.05, 4.69) is 55.5 Å². The first kappa shape index (κ1) is 16.3. The molecular formula is C18H25N3O. The zero-order chi connectivity index (χ0) is 16.3. The summed E-state index contributed by atoms with van der Waals surface area (Å²) >= 11 is 0. The molecule has 4 nitrogen and oxygen atoms in total. The van der Waals surface area contributed by atoms with Crippen molar-refractivity contribution in [1.29, 1.82) is 0 Å². The van der Waals surface area contributed by atoms with Crippen LogP contribution in [0.5, 0.6) is 0 Å². The van der Waals surface area contributed by atoms with Crippen molar-refractivity contribution in [3.8, 4) is 0 Å². The highest BCUT2D eigenvalue weighted by atomic mass is 16.2. The first-order chi connectivity index (χ1) is 10.4. The molecule has 0 radical (unpaired) electrons. The molecule has 1 atom stereocenters. The second kappa shape index (κ2) is 6.77. The van der Waals surface area contributed by atoms with Gasteiger partial charge in [0.2, 0.25) is 0 Å². The number of hydrogen-bond donors (Lipinski definition) is 1. The number of aromatic nitrogens is 2. The molecule has 1 N–H and O–H groups in total. The van der Waals surface area contributed by atoms with Crippen molar-refractivity contribution in [3.63, 3.8) is 0 Å². The van der Waals surface area contributed by atoms with Gasteiger partial charge in [-0.1, -0.05) is 45.0 Å². The first-order valence-corrected chi connectivity index (χ1v) is 7.83. The Hall–Kier alpha value is -2.10. The molecule has 1 aromatic carbocycles. The van der Waals surface area contributed by atoms with Gasteiger partial charge in [-0.2, -0.15) is 5.10 Å². The highest BCUT2D eigenvalue weighted by molar-refractivity contribution is 5.92. The van der Waals surface area contributed by atoms with Crippen molar-refractivity contribution < 1.29 is 4.79 Å². The number of rotatable bonds is 5. The average Bonchev–Trinajstić information content (AvgIpc) is 2.83. The second-order valence-electron chi connectivity index (χ2n) is 6.05. The van der Waals surface area contributed by atoms with Crippen LogP contribution in [0.1, 0.15) is 66.5 Å².